The van der Waals surface area contributed by atoms with E-state index in [0.29, 0.717) is 17.9 Å². The Bertz CT molecular complexity index is 144. The molecule has 44 valence electrons. The number of aliphatic hydroxyl groups excluding tert-OH is 1. The second kappa shape index (κ2) is 1.01. The van der Waals surface area contributed by atoms with Crippen molar-refractivity contribution in [1.29, 1.82) is 0 Å². The van der Waals surface area contributed by atoms with Crippen LogP contribution in [0.5, 0.6) is 0 Å². The van der Waals surface area contributed by atoms with Crippen molar-refractivity contribution < 1.29 is 5.11 Å². The van der Waals surface area contributed by atoms with Crippen LogP contribution in [0, 0.1) is 11.3 Å². The second-order valence-corrected chi connectivity index (χ2v) is 2.92. The standard InChI is InChI=1S/C7H10O/c1-5-6(4-8)7(5)2-3-7/h6,8H,1-4H2. The normalized spacial score (nSPS) is 38.1. The molecule has 0 heterocycles. The molecule has 0 radical (unpaired) electrons. The number of hydrogen-bond donors (Lipinski definition) is 1. The maximum atomic E-state index is 8.69. The molecule has 2 rings (SSSR count). The van der Waals surface area contributed by atoms with Crippen molar-refractivity contribution in [2.75, 3.05) is 6.61 Å². The number of aliphatic hydroxyl groups is 1. The lowest BCUT2D eigenvalue weighted by Crippen LogP contribution is -1.85. The molecule has 2 aliphatic carbocycles. The summed E-state index contributed by atoms with van der Waals surface area (Å²) in [6.45, 7) is 4.21. The van der Waals surface area contributed by atoms with E-state index in [9.17, 15) is 0 Å². The molecule has 0 aliphatic heterocycles. The Morgan fingerprint density at radius 1 is 1.75 bits per heavy atom. The van der Waals surface area contributed by atoms with E-state index in [1.165, 1.54) is 18.4 Å². The molecular formula is C7H10O. The minimum Gasteiger partial charge on any atom is -0.396 e. The van der Waals surface area contributed by atoms with Gasteiger partial charge >= 0.3 is 0 Å². The third-order valence-corrected chi connectivity index (χ3v) is 2.62. The van der Waals surface area contributed by atoms with E-state index in [-0.39, 0.29) is 0 Å². The molecule has 1 nitrogen and oxygen atoms in total. The first-order valence-electron chi connectivity index (χ1n) is 3.11. The van der Waals surface area contributed by atoms with Crippen molar-refractivity contribution in [3.63, 3.8) is 0 Å². The van der Waals surface area contributed by atoms with Crippen LogP contribution in [-0.2, 0) is 0 Å². The molecule has 0 bridgehead atoms. The predicted molar refractivity (Wildman–Crippen MR) is 31.4 cm³/mol. The summed E-state index contributed by atoms with van der Waals surface area (Å²) in [5, 5.41) is 8.69. The van der Waals surface area contributed by atoms with E-state index >= 15 is 0 Å². The molecule has 0 aromatic heterocycles. The summed E-state index contributed by atoms with van der Waals surface area (Å²) >= 11 is 0. The third-order valence-electron chi connectivity index (χ3n) is 2.62. The molecule has 0 amide bonds. The average Bonchev–Trinajstić information content (AvgIpc) is 2.57. The highest BCUT2D eigenvalue weighted by atomic mass is 16.3. The largest absolute Gasteiger partial charge is 0.396 e. The van der Waals surface area contributed by atoms with Gasteiger partial charge in [0.2, 0.25) is 0 Å². The Morgan fingerprint density at radius 2 is 2.38 bits per heavy atom. The topological polar surface area (TPSA) is 20.2 Å². The summed E-state index contributed by atoms with van der Waals surface area (Å²) in [4.78, 5) is 0. The van der Waals surface area contributed by atoms with Crippen molar-refractivity contribution >= 4 is 0 Å². The summed E-state index contributed by atoms with van der Waals surface area (Å²) in [5.74, 6) is 0.488. The van der Waals surface area contributed by atoms with Crippen LogP contribution in [0.4, 0.5) is 0 Å². The fraction of sp³-hybridized carbons (Fsp3) is 0.714. The van der Waals surface area contributed by atoms with Gasteiger partial charge < -0.3 is 5.11 Å². The lowest BCUT2D eigenvalue weighted by Gasteiger charge is -1.80. The molecule has 2 saturated carbocycles. The van der Waals surface area contributed by atoms with Gasteiger partial charge in [0.25, 0.3) is 0 Å². The fourth-order valence-electron chi connectivity index (χ4n) is 1.66. The SMILES string of the molecule is C=C1C(CO)C12CC2. The van der Waals surface area contributed by atoms with E-state index in [2.05, 4.69) is 6.58 Å². The van der Waals surface area contributed by atoms with Gasteiger partial charge in [-0.3, -0.25) is 0 Å². The summed E-state index contributed by atoms with van der Waals surface area (Å²) in [7, 11) is 0. The Labute approximate surface area is 49.0 Å². The first-order valence-corrected chi connectivity index (χ1v) is 3.11. The number of hydrogen-bond acceptors (Lipinski definition) is 1. The molecule has 1 spiro atoms. The molecular weight excluding hydrogens is 100 g/mol. The molecule has 0 aromatic carbocycles. The average molecular weight is 110 g/mol. The van der Waals surface area contributed by atoms with Gasteiger partial charge in [0.1, 0.15) is 0 Å². The van der Waals surface area contributed by atoms with E-state index < -0.39 is 0 Å². The van der Waals surface area contributed by atoms with Crippen molar-refractivity contribution in [2.24, 2.45) is 11.3 Å². The summed E-state index contributed by atoms with van der Waals surface area (Å²) in [6, 6.07) is 0. The van der Waals surface area contributed by atoms with Gasteiger partial charge in [-0.15, -0.1) is 0 Å². The van der Waals surface area contributed by atoms with Crippen molar-refractivity contribution in [1.82, 2.24) is 0 Å². The zero-order valence-electron chi connectivity index (χ0n) is 4.85. The van der Waals surface area contributed by atoms with Gasteiger partial charge in [-0.2, -0.15) is 0 Å². The Morgan fingerprint density at radius 3 is 2.50 bits per heavy atom. The molecule has 1 heteroatoms. The van der Waals surface area contributed by atoms with E-state index in [1.54, 1.807) is 0 Å². The zero-order chi connectivity index (χ0) is 5.78. The van der Waals surface area contributed by atoms with Crippen molar-refractivity contribution in [2.45, 2.75) is 12.8 Å². The van der Waals surface area contributed by atoms with E-state index in [1.807, 2.05) is 0 Å². The second-order valence-electron chi connectivity index (χ2n) is 2.92. The summed E-state index contributed by atoms with van der Waals surface area (Å²) in [5.41, 5.74) is 1.79. The predicted octanol–water partition coefficient (Wildman–Crippen LogP) is 0.945. The lowest BCUT2D eigenvalue weighted by atomic mass is 10.3. The van der Waals surface area contributed by atoms with Gasteiger partial charge in [-0.1, -0.05) is 12.2 Å². The maximum Gasteiger partial charge on any atom is 0.0505 e. The van der Waals surface area contributed by atoms with Crippen LogP contribution < -0.4 is 0 Å². The molecule has 1 unspecified atom stereocenters. The van der Waals surface area contributed by atoms with Crippen molar-refractivity contribution in [3.05, 3.63) is 12.2 Å². The first kappa shape index (κ1) is 4.57. The highest BCUT2D eigenvalue weighted by Crippen LogP contribution is 2.73. The molecule has 0 saturated heterocycles. The fourth-order valence-corrected chi connectivity index (χ4v) is 1.66. The van der Waals surface area contributed by atoms with Gasteiger partial charge in [-0.25, -0.2) is 0 Å². The Balaban J connectivity index is 2.15. The van der Waals surface area contributed by atoms with Crippen molar-refractivity contribution in [3.8, 4) is 0 Å². The minimum absolute atomic E-state index is 0.332. The minimum atomic E-state index is 0.332. The molecule has 2 aliphatic rings. The van der Waals surface area contributed by atoms with Gasteiger partial charge in [-0.05, 0) is 12.8 Å². The molecule has 0 aromatic rings. The molecule has 1 N–H and O–H groups in total. The van der Waals surface area contributed by atoms with E-state index in [0.717, 1.165) is 0 Å². The summed E-state index contributed by atoms with van der Waals surface area (Å²) < 4.78 is 0. The maximum absolute atomic E-state index is 8.69. The van der Waals surface area contributed by atoms with Crippen LogP contribution >= 0.6 is 0 Å². The smallest absolute Gasteiger partial charge is 0.0505 e. The third kappa shape index (κ3) is 0.294. The number of rotatable bonds is 1. The van der Waals surface area contributed by atoms with E-state index in [4.69, 9.17) is 5.11 Å². The van der Waals surface area contributed by atoms with Gasteiger partial charge in [0.15, 0.2) is 0 Å². The zero-order valence-corrected chi connectivity index (χ0v) is 4.85. The van der Waals surface area contributed by atoms with Gasteiger partial charge in [0, 0.05) is 11.3 Å². The first-order chi connectivity index (χ1) is 3.81. The van der Waals surface area contributed by atoms with Crippen LogP contribution in [-0.4, -0.2) is 11.7 Å². The lowest BCUT2D eigenvalue weighted by molar-refractivity contribution is 0.269. The van der Waals surface area contributed by atoms with Crippen LogP contribution in [0.1, 0.15) is 12.8 Å². The molecule has 2 fully saturated rings. The van der Waals surface area contributed by atoms with Crippen LogP contribution in [0.3, 0.4) is 0 Å². The van der Waals surface area contributed by atoms with Crippen LogP contribution in [0.2, 0.25) is 0 Å². The highest BCUT2D eigenvalue weighted by molar-refractivity contribution is 5.42. The quantitative estimate of drug-likeness (QED) is 0.498. The summed E-state index contributed by atoms with van der Waals surface area (Å²) in [6.07, 6.45) is 2.58. The van der Waals surface area contributed by atoms with Crippen LogP contribution in [0.15, 0.2) is 12.2 Å². The van der Waals surface area contributed by atoms with Gasteiger partial charge in [0.05, 0.1) is 6.61 Å². The Kier molecular flexibility index (Phi) is 0.575. The van der Waals surface area contributed by atoms with Crippen LogP contribution in [0.25, 0.3) is 0 Å². The molecule has 8 heavy (non-hydrogen) atoms. The molecule has 1 atom stereocenters. The monoisotopic (exact) mass is 110 g/mol. The Hall–Kier alpha value is -0.300. The highest BCUT2D eigenvalue weighted by Gasteiger charge is 2.65.